The number of hydrogen-bond donors (Lipinski definition) is 0. The van der Waals surface area contributed by atoms with Crippen LogP contribution in [0.25, 0.3) is 0 Å². The molecule has 0 saturated heterocycles. The van der Waals surface area contributed by atoms with Crippen molar-refractivity contribution in [1.29, 1.82) is 0 Å². The first-order chi connectivity index (χ1) is 6.43. The molecule has 1 aromatic rings. The fraction of sp³-hybridized carbons (Fsp3) is 0.125. The van der Waals surface area contributed by atoms with Gasteiger partial charge in [0, 0.05) is 22.2 Å². The van der Waals surface area contributed by atoms with E-state index in [1.54, 1.807) is 0 Å². The van der Waals surface area contributed by atoms with E-state index in [2.05, 4.69) is 15.9 Å². The van der Waals surface area contributed by atoms with Crippen LogP contribution in [0.5, 0.6) is 0 Å². The van der Waals surface area contributed by atoms with E-state index in [1.165, 1.54) is 19.1 Å². The Morgan fingerprint density at radius 3 is 2.57 bits per heavy atom. The molecule has 0 N–H and O–H groups in total. The average molecular weight is 278 g/mol. The quantitative estimate of drug-likeness (QED) is 0.474. The molecule has 0 saturated carbocycles. The van der Waals surface area contributed by atoms with Gasteiger partial charge in [0.1, 0.15) is 0 Å². The number of nitro benzene ring substituents is 1. The van der Waals surface area contributed by atoms with Gasteiger partial charge in [-0.05, 0) is 22.9 Å². The second-order valence-corrected chi connectivity index (χ2v) is 3.80. The Kier molecular flexibility index (Phi) is 3.23. The van der Waals surface area contributed by atoms with Crippen molar-refractivity contribution in [3.63, 3.8) is 0 Å². The summed E-state index contributed by atoms with van der Waals surface area (Å²) in [7, 11) is 0. The Hall–Kier alpha value is -0.940. The third kappa shape index (κ3) is 2.10. The Morgan fingerprint density at radius 1 is 1.57 bits per heavy atom. The highest BCUT2D eigenvalue weighted by molar-refractivity contribution is 9.10. The molecule has 0 aliphatic heterocycles. The summed E-state index contributed by atoms with van der Waals surface area (Å²) >= 11 is 8.79. The van der Waals surface area contributed by atoms with E-state index in [9.17, 15) is 14.9 Å². The lowest BCUT2D eigenvalue weighted by molar-refractivity contribution is -0.384. The Morgan fingerprint density at radius 2 is 2.14 bits per heavy atom. The van der Waals surface area contributed by atoms with Gasteiger partial charge in [-0.3, -0.25) is 14.9 Å². The van der Waals surface area contributed by atoms with Gasteiger partial charge in [0.2, 0.25) is 0 Å². The Labute approximate surface area is 93.1 Å². The van der Waals surface area contributed by atoms with E-state index < -0.39 is 4.92 Å². The van der Waals surface area contributed by atoms with Crippen LogP contribution in [0.1, 0.15) is 17.3 Å². The van der Waals surface area contributed by atoms with Crippen molar-refractivity contribution in [3.8, 4) is 0 Å². The molecule has 6 heteroatoms. The smallest absolute Gasteiger partial charge is 0.271 e. The van der Waals surface area contributed by atoms with Gasteiger partial charge in [0.05, 0.1) is 9.95 Å². The zero-order chi connectivity index (χ0) is 10.9. The highest BCUT2D eigenvalue weighted by Gasteiger charge is 2.16. The summed E-state index contributed by atoms with van der Waals surface area (Å²) in [6, 6.07) is 2.39. The maximum absolute atomic E-state index is 11.1. The maximum Gasteiger partial charge on any atom is 0.271 e. The van der Waals surface area contributed by atoms with E-state index in [1.807, 2.05) is 0 Å². The Balaban J connectivity index is 3.43. The number of Topliss-reactive ketones (excluding diaryl/α,β-unsaturated/α-hetero) is 1. The number of carbonyl (C=O) groups excluding carboxylic acids is 1. The standard InChI is InChI=1S/C8H5BrClNO3/c1-4(12)6-2-5(11(13)14)3-7(10)8(6)9/h2-3H,1H3. The van der Waals surface area contributed by atoms with Crippen LogP contribution in [0.15, 0.2) is 16.6 Å². The molecule has 0 unspecified atom stereocenters. The molecule has 0 amide bonds. The first-order valence-corrected chi connectivity index (χ1v) is 4.75. The van der Waals surface area contributed by atoms with Crippen molar-refractivity contribution < 1.29 is 9.72 Å². The lowest BCUT2D eigenvalue weighted by atomic mass is 10.1. The molecular weight excluding hydrogens is 273 g/mol. The fourth-order valence-corrected chi connectivity index (χ4v) is 1.66. The molecule has 1 aromatic carbocycles. The van der Waals surface area contributed by atoms with Gasteiger partial charge in [-0.25, -0.2) is 0 Å². The maximum atomic E-state index is 11.1. The second-order valence-electron chi connectivity index (χ2n) is 2.60. The van der Waals surface area contributed by atoms with Crippen LogP contribution in [0, 0.1) is 10.1 Å². The lowest BCUT2D eigenvalue weighted by Crippen LogP contribution is -1.97. The van der Waals surface area contributed by atoms with E-state index in [-0.39, 0.29) is 22.1 Å². The normalized spacial score (nSPS) is 9.93. The zero-order valence-corrected chi connectivity index (χ0v) is 9.42. The number of rotatable bonds is 2. The van der Waals surface area contributed by atoms with Gasteiger partial charge in [-0.15, -0.1) is 0 Å². The van der Waals surface area contributed by atoms with Crippen LogP contribution >= 0.6 is 27.5 Å². The van der Waals surface area contributed by atoms with Crippen LogP contribution in [0.4, 0.5) is 5.69 Å². The lowest BCUT2D eigenvalue weighted by Gasteiger charge is -2.02. The van der Waals surface area contributed by atoms with Crippen molar-refractivity contribution in [3.05, 3.63) is 37.3 Å². The first kappa shape index (κ1) is 11.1. The molecule has 74 valence electrons. The number of carbonyl (C=O) groups is 1. The summed E-state index contributed by atoms with van der Waals surface area (Å²) < 4.78 is 0.386. The van der Waals surface area contributed by atoms with Crippen molar-refractivity contribution in [2.75, 3.05) is 0 Å². The van der Waals surface area contributed by atoms with Crippen molar-refractivity contribution in [1.82, 2.24) is 0 Å². The van der Waals surface area contributed by atoms with Gasteiger partial charge >= 0.3 is 0 Å². The van der Waals surface area contributed by atoms with Crippen LogP contribution in [0.2, 0.25) is 5.02 Å². The Bertz CT molecular complexity index is 419. The average Bonchev–Trinajstić information content (AvgIpc) is 2.08. The van der Waals surface area contributed by atoms with Crippen LogP contribution in [-0.4, -0.2) is 10.7 Å². The van der Waals surface area contributed by atoms with Crippen molar-refractivity contribution in [2.45, 2.75) is 6.92 Å². The van der Waals surface area contributed by atoms with Gasteiger partial charge in [0.15, 0.2) is 5.78 Å². The monoisotopic (exact) mass is 277 g/mol. The summed E-state index contributed by atoms with van der Waals surface area (Å²) in [5, 5.41) is 10.6. The molecule has 14 heavy (non-hydrogen) atoms. The first-order valence-electron chi connectivity index (χ1n) is 3.58. The molecule has 0 aliphatic carbocycles. The summed E-state index contributed by atoms with van der Waals surface area (Å²) in [5.74, 6) is -0.275. The predicted molar refractivity (Wildman–Crippen MR) is 55.8 cm³/mol. The number of halogens is 2. The molecule has 0 radical (unpaired) electrons. The fourth-order valence-electron chi connectivity index (χ4n) is 0.936. The van der Waals surface area contributed by atoms with Crippen molar-refractivity contribution >= 4 is 39.0 Å². The number of ketones is 1. The molecule has 1 rings (SSSR count). The van der Waals surface area contributed by atoms with Gasteiger partial charge in [-0.2, -0.15) is 0 Å². The van der Waals surface area contributed by atoms with Crippen LogP contribution < -0.4 is 0 Å². The van der Waals surface area contributed by atoms with Gasteiger partial charge < -0.3 is 0 Å². The largest absolute Gasteiger partial charge is 0.294 e. The third-order valence-electron chi connectivity index (χ3n) is 1.60. The molecule has 0 bridgehead atoms. The molecule has 0 atom stereocenters. The molecule has 0 fully saturated rings. The minimum atomic E-state index is -0.592. The number of nitrogens with zero attached hydrogens (tertiary/aromatic N) is 1. The zero-order valence-electron chi connectivity index (χ0n) is 7.08. The number of non-ortho nitro benzene ring substituents is 1. The number of hydrogen-bond acceptors (Lipinski definition) is 3. The van der Waals surface area contributed by atoms with E-state index in [0.29, 0.717) is 4.47 Å². The van der Waals surface area contributed by atoms with Crippen molar-refractivity contribution in [2.24, 2.45) is 0 Å². The minimum Gasteiger partial charge on any atom is -0.294 e. The van der Waals surface area contributed by atoms with Crippen LogP contribution in [-0.2, 0) is 0 Å². The predicted octanol–water partition coefficient (Wildman–Crippen LogP) is 3.21. The molecule has 0 heterocycles. The molecule has 0 aromatic heterocycles. The molecule has 4 nitrogen and oxygen atoms in total. The number of nitro groups is 1. The highest BCUT2D eigenvalue weighted by atomic mass is 79.9. The second kappa shape index (κ2) is 4.06. The van der Waals surface area contributed by atoms with E-state index >= 15 is 0 Å². The summed E-state index contributed by atoms with van der Waals surface area (Å²) in [6.45, 7) is 1.32. The minimum absolute atomic E-state index is 0.157. The SMILES string of the molecule is CC(=O)c1cc([N+](=O)[O-])cc(Cl)c1Br. The van der Waals surface area contributed by atoms with E-state index in [0.717, 1.165) is 0 Å². The van der Waals surface area contributed by atoms with Gasteiger partial charge in [0.25, 0.3) is 5.69 Å². The number of benzene rings is 1. The van der Waals surface area contributed by atoms with E-state index in [4.69, 9.17) is 11.6 Å². The summed E-state index contributed by atoms with van der Waals surface area (Å²) in [6.07, 6.45) is 0. The summed E-state index contributed by atoms with van der Waals surface area (Å²) in [4.78, 5) is 20.9. The third-order valence-corrected chi connectivity index (χ3v) is 2.98. The molecule has 0 aliphatic rings. The summed E-state index contributed by atoms with van der Waals surface area (Å²) in [5.41, 5.74) is 0.0209. The molecular formula is C8H5BrClNO3. The van der Waals surface area contributed by atoms with Gasteiger partial charge in [-0.1, -0.05) is 11.6 Å². The van der Waals surface area contributed by atoms with Crippen LogP contribution in [0.3, 0.4) is 0 Å². The topological polar surface area (TPSA) is 60.2 Å². The molecule has 0 spiro atoms. The highest BCUT2D eigenvalue weighted by Crippen LogP contribution is 2.31.